The van der Waals surface area contributed by atoms with E-state index < -0.39 is 25.8 Å². The maximum atomic E-state index is 13.2. The predicted molar refractivity (Wildman–Crippen MR) is 103 cm³/mol. The quantitative estimate of drug-likeness (QED) is 0.310. The highest BCUT2D eigenvalue weighted by Crippen LogP contribution is 2.43. The van der Waals surface area contributed by atoms with Gasteiger partial charge in [0, 0.05) is 5.41 Å². The van der Waals surface area contributed by atoms with Crippen molar-refractivity contribution in [3.8, 4) is 0 Å². The molecule has 0 spiro atoms. The summed E-state index contributed by atoms with van der Waals surface area (Å²) in [5, 5.41) is 0.0924. The minimum Gasteiger partial charge on any atom is -0.496 e. The van der Waals surface area contributed by atoms with Crippen LogP contribution in [0.15, 0.2) is 23.5 Å². The van der Waals surface area contributed by atoms with Gasteiger partial charge in [-0.3, -0.25) is 4.79 Å². The van der Waals surface area contributed by atoms with Crippen LogP contribution in [0.1, 0.15) is 47.5 Å². The van der Waals surface area contributed by atoms with Crippen molar-refractivity contribution in [1.82, 2.24) is 0 Å². The number of cyclic esters (lactones) is 1. The Hall–Kier alpha value is -1.40. The molecular weight excluding hydrogens is 348 g/mol. The summed E-state index contributed by atoms with van der Waals surface area (Å²) in [7, 11) is -0.491. The third-order valence-corrected chi connectivity index (χ3v) is 10.4. The number of ketones is 1. The molecule has 0 bridgehead atoms. The number of rotatable bonds is 5. The molecule has 0 aromatic carbocycles. The van der Waals surface area contributed by atoms with Crippen LogP contribution >= 0.6 is 0 Å². The second-order valence-electron chi connectivity index (χ2n) is 9.13. The van der Waals surface area contributed by atoms with Crippen LogP contribution in [-0.2, 0) is 23.5 Å². The average molecular weight is 381 g/mol. The van der Waals surface area contributed by atoms with E-state index in [0.717, 1.165) is 0 Å². The summed E-state index contributed by atoms with van der Waals surface area (Å²) in [6, 6.07) is 0. The number of allylic oxidation sites excluding steroid dienone is 1. The van der Waals surface area contributed by atoms with E-state index in [2.05, 4.69) is 39.9 Å². The smallest absolute Gasteiger partial charge is 0.346 e. The first-order valence-electron chi connectivity index (χ1n) is 9.21. The van der Waals surface area contributed by atoms with Crippen molar-refractivity contribution < 1.29 is 23.5 Å². The maximum Gasteiger partial charge on any atom is 0.346 e. The summed E-state index contributed by atoms with van der Waals surface area (Å²) in [6.45, 7) is 14.6. The molecule has 0 radical (unpaired) electrons. The van der Waals surface area contributed by atoms with Crippen LogP contribution in [0.4, 0.5) is 0 Å². The minimum absolute atomic E-state index is 0.0591. The van der Waals surface area contributed by atoms with Gasteiger partial charge in [-0.2, -0.15) is 0 Å². The molecule has 0 aromatic heterocycles. The van der Waals surface area contributed by atoms with Crippen molar-refractivity contribution >= 4 is 20.1 Å². The van der Waals surface area contributed by atoms with Crippen molar-refractivity contribution in [3.05, 3.63) is 23.5 Å². The second-order valence-corrected chi connectivity index (χ2v) is 13.9. The number of hydrogen-bond acceptors (Lipinski definition) is 5. The van der Waals surface area contributed by atoms with E-state index in [0.29, 0.717) is 18.6 Å². The van der Waals surface area contributed by atoms with Gasteiger partial charge in [0.05, 0.1) is 13.2 Å². The summed E-state index contributed by atoms with van der Waals surface area (Å²) in [4.78, 5) is 25.4. The van der Waals surface area contributed by atoms with Crippen LogP contribution in [0.5, 0.6) is 0 Å². The summed E-state index contributed by atoms with van der Waals surface area (Å²) in [6.07, 6.45) is 4.53. The zero-order valence-electron chi connectivity index (χ0n) is 17.3. The van der Waals surface area contributed by atoms with Gasteiger partial charge in [0.25, 0.3) is 0 Å². The third-order valence-electron chi connectivity index (χ3n) is 5.92. The van der Waals surface area contributed by atoms with Crippen LogP contribution in [-0.4, -0.2) is 39.4 Å². The molecule has 0 N–H and O–H groups in total. The molecule has 2 aliphatic rings. The standard InChI is InChI=1S/C20H32O5Si/c1-13-16(23-6)15(18(22)24-13)17(21)20(5)11-9-10-14(12-20)25-26(7,8)19(2,3)4/h9-10,13-14H,11-12H2,1-8H3/t13?,14-,20+/m1/s1. The van der Waals surface area contributed by atoms with Crippen molar-refractivity contribution in [2.45, 2.75) is 77.8 Å². The molecule has 0 saturated heterocycles. The average Bonchev–Trinajstić information content (AvgIpc) is 2.78. The second kappa shape index (κ2) is 6.96. The Labute approximate surface area is 157 Å². The van der Waals surface area contributed by atoms with Crippen LogP contribution in [0.3, 0.4) is 0 Å². The first kappa shape index (κ1) is 20.9. The molecule has 0 saturated carbocycles. The van der Waals surface area contributed by atoms with Crippen molar-refractivity contribution in [2.24, 2.45) is 5.41 Å². The van der Waals surface area contributed by atoms with Crippen molar-refractivity contribution in [3.63, 3.8) is 0 Å². The van der Waals surface area contributed by atoms with Crippen LogP contribution in [0, 0.1) is 5.41 Å². The highest BCUT2D eigenvalue weighted by Gasteiger charge is 2.47. The van der Waals surface area contributed by atoms with Gasteiger partial charge < -0.3 is 13.9 Å². The lowest BCUT2D eigenvalue weighted by Crippen LogP contribution is -2.46. The van der Waals surface area contributed by atoms with Gasteiger partial charge >= 0.3 is 5.97 Å². The number of ether oxygens (including phenoxy) is 2. The summed E-state index contributed by atoms with van der Waals surface area (Å²) < 4.78 is 17.0. The lowest BCUT2D eigenvalue weighted by molar-refractivity contribution is -0.141. The van der Waals surface area contributed by atoms with Gasteiger partial charge in [-0.15, -0.1) is 0 Å². The number of hydrogen-bond donors (Lipinski definition) is 0. The van der Waals surface area contributed by atoms with Gasteiger partial charge in [-0.05, 0) is 37.9 Å². The van der Waals surface area contributed by atoms with Crippen molar-refractivity contribution in [2.75, 3.05) is 7.11 Å². The Morgan fingerprint density at radius 3 is 2.50 bits per heavy atom. The van der Waals surface area contributed by atoms with Crippen molar-refractivity contribution in [1.29, 1.82) is 0 Å². The summed E-state index contributed by atoms with van der Waals surface area (Å²) in [5.74, 6) is -0.466. The fourth-order valence-electron chi connectivity index (χ4n) is 3.25. The maximum absolute atomic E-state index is 13.2. The monoisotopic (exact) mass is 380 g/mol. The summed E-state index contributed by atoms with van der Waals surface area (Å²) >= 11 is 0. The SMILES string of the molecule is COC1=C(C(=O)[C@@]2(C)CC=C[C@@H](O[Si](C)(C)C(C)(C)C)C2)C(=O)OC1C. The number of methoxy groups -OCH3 is 1. The van der Waals surface area contributed by atoms with E-state index in [4.69, 9.17) is 13.9 Å². The number of carbonyl (C=O) groups is 2. The van der Waals surface area contributed by atoms with Gasteiger partial charge in [0.1, 0.15) is 5.57 Å². The van der Waals surface area contributed by atoms with Gasteiger partial charge in [0.2, 0.25) is 0 Å². The third kappa shape index (κ3) is 3.81. The molecule has 6 heteroatoms. The Balaban J connectivity index is 2.25. The largest absolute Gasteiger partial charge is 0.496 e. The normalized spacial score (nSPS) is 29.8. The molecule has 146 valence electrons. The zero-order valence-corrected chi connectivity index (χ0v) is 18.3. The van der Waals surface area contributed by atoms with E-state index in [1.54, 1.807) is 6.92 Å². The highest BCUT2D eigenvalue weighted by atomic mass is 28.4. The van der Waals surface area contributed by atoms with Gasteiger partial charge in [-0.25, -0.2) is 4.79 Å². The minimum atomic E-state index is -1.96. The van der Waals surface area contributed by atoms with E-state index in [9.17, 15) is 9.59 Å². The van der Waals surface area contributed by atoms with Gasteiger partial charge in [0.15, 0.2) is 26.0 Å². The van der Waals surface area contributed by atoms with Crippen LogP contribution < -0.4 is 0 Å². The molecule has 0 aromatic rings. The molecule has 1 unspecified atom stereocenters. The Morgan fingerprint density at radius 1 is 1.35 bits per heavy atom. The molecule has 1 heterocycles. The first-order chi connectivity index (χ1) is 11.8. The Kier molecular flexibility index (Phi) is 5.60. The number of Topliss-reactive ketones (excluding diaryl/α,β-unsaturated/α-hetero) is 1. The zero-order chi connectivity index (χ0) is 19.9. The fourth-order valence-corrected chi connectivity index (χ4v) is 4.52. The molecule has 26 heavy (non-hydrogen) atoms. The lowest BCUT2D eigenvalue weighted by atomic mass is 9.72. The highest BCUT2D eigenvalue weighted by molar-refractivity contribution is 6.74. The summed E-state index contributed by atoms with van der Waals surface area (Å²) in [5.41, 5.74) is -0.645. The fraction of sp³-hybridized carbons (Fsp3) is 0.700. The number of esters is 1. The van der Waals surface area contributed by atoms with E-state index in [-0.39, 0.29) is 22.5 Å². The molecule has 1 aliphatic heterocycles. The van der Waals surface area contributed by atoms with Gasteiger partial charge in [-0.1, -0.05) is 39.8 Å². The van der Waals surface area contributed by atoms with Crippen LogP contribution in [0.25, 0.3) is 0 Å². The first-order valence-corrected chi connectivity index (χ1v) is 12.1. The predicted octanol–water partition coefficient (Wildman–Crippen LogP) is 4.15. The van der Waals surface area contributed by atoms with E-state index in [1.807, 2.05) is 13.0 Å². The van der Waals surface area contributed by atoms with E-state index in [1.165, 1.54) is 7.11 Å². The Bertz CT molecular complexity index is 656. The molecule has 1 aliphatic carbocycles. The Morgan fingerprint density at radius 2 is 1.96 bits per heavy atom. The van der Waals surface area contributed by atoms with E-state index >= 15 is 0 Å². The molecule has 3 atom stereocenters. The lowest BCUT2D eigenvalue weighted by Gasteiger charge is -2.42. The molecule has 0 amide bonds. The van der Waals surface area contributed by atoms with Crippen LogP contribution in [0.2, 0.25) is 18.1 Å². The number of carbonyl (C=O) groups excluding carboxylic acids is 2. The molecular formula is C20H32O5Si. The molecule has 2 rings (SSSR count). The molecule has 5 nitrogen and oxygen atoms in total. The molecule has 0 fully saturated rings. The topological polar surface area (TPSA) is 61.8 Å².